The maximum atomic E-state index is 12.2. The van der Waals surface area contributed by atoms with Crippen LogP contribution in [0.25, 0.3) is 6.08 Å². The van der Waals surface area contributed by atoms with Crippen LogP contribution in [-0.4, -0.2) is 30.9 Å². The van der Waals surface area contributed by atoms with Crippen molar-refractivity contribution in [3.63, 3.8) is 0 Å². The molecule has 0 fully saturated rings. The lowest BCUT2D eigenvalue weighted by Gasteiger charge is -2.10. The number of nitrogens with zero attached hydrogens (tertiary/aromatic N) is 1. The Balaban J connectivity index is 1.85. The number of carbonyl (C=O) groups excluding carboxylic acids is 2. The Morgan fingerprint density at radius 3 is 2.77 bits per heavy atom. The van der Waals surface area contributed by atoms with Gasteiger partial charge in [-0.2, -0.15) is 0 Å². The highest BCUT2D eigenvalue weighted by atomic mass is 16.6. The zero-order valence-electron chi connectivity index (χ0n) is 12.0. The lowest BCUT2D eigenvalue weighted by molar-refractivity contribution is 0.101. The van der Waals surface area contributed by atoms with Gasteiger partial charge in [0.1, 0.15) is 17.3 Å². The van der Waals surface area contributed by atoms with Gasteiger partial charge < -0.3 is 18.8 Å². The summed E-state index contributed by atoms with van der Waals surface area (Å²) in [7, 11) is 3.17. The summed E-state index contributed by atoms with van der Waals surface area (Å²) in [5, 5.41) is 0. The van der Waals surface area contributed by atoms with E-state index in [9.17, 15) is 9.59 Å². The zero-order chi connectivity index (χ0) is 15.7. The molecule has 0 spiro atoms. The lowest BCUT2D eigenvalue weighted by Crippen LogP contribution is -2.25. The Hall–Kier alpha value is -3.02. The molecule has 22 heavy (non-hydrogen) atoms. The summed E-state index contributed by atoms with van der Waals surface area (Å²) in [6.07, 6.45) is 2.53. The molecule has 1 aliphatic rings. The highest BCUT2D eigenvalue weighted by molar-refractivity contribution is 6.14. The minimum atomic E-state index is -0.504. The van der Waals surface area contributed by atoms with E-state index >= 15 is 0 Å². The first-order chi connectivity index (χ1) is 10.5. The van der Waals surface area contributed by atoms with Crippen LogP contribution in [0.2, 0.25) is 0 Å². The van der Waals surface area contributed by atoms with Crippen LogP contribution >= 0.6 is 0 Å². The van der Waals surface area contributed by atoms with Gasteiger partial charge in [-0.3, -0.25) is 4.79 Å². The SMILES string of the molecule is CN(C)C(=O)Oc1ccc2c(c1)O/C(=C/c1ccco1)C2=O. The Bertz CT molecular complexity index is 759. The fourth-order valence-electron chi connectivity index (χ4n) is 1.93. The van der Waals surface area contributed by atoms with Gasteiger partial charge in [0.05, 0.1) is 11.8 Å². The molecule has 6 heteroatoms. The third-order valence-corrected chi connectivity index (χ3v) is 3.03. The van der Waals surface area contributed by atoms with E-state index in [1.54, 1.807) is 38.4 Å². The van der Waals surface area contributed by atoms with E-state index in [4.69, 9.17) is 13.9 Å². The average Bonchev–Trinajstić information content (AvgIpc) is 3.08. The number of ketones is 1. The van der Waals surface area contributed by atoms with Crippen LogP contribution in [0.3, 0.4) is 0 Å². The number of carbonyl (C=O) groups is 2. The van der Waals surface area contributed by atoms with E-state index in [1.807, 2.05) is 0 Å². The van der Waals surface area contributed by atoms with Crippen LogP contribution in [0.4, 0.5) is 4.79 Å². The molecular formula is C16H13NO5. The summed E-state index contributed by atoms with van der Waals surface area (Å²) in [5.74, 6) is 1.12. The summed E-state index contributed by atoms with van der Waals surface area (Å²) < 4.78 is 15.8. The van der Waals surface area contributed by atoms with Crippen molar-refractivity contribution < 1.29 is 23.5 Å². The van der Waals surface area contributed by atoms with E-state index < -0.39 is 6.09 Å². The van der Waals surface area contributed by atoms with E-state index in [2.05, 4.69) is 0 Å². The Morgan fingerprint density at radius 2 is 2.09 bits per heavy atom. The topological polar surface area (TPSA) is 69.0 Å². The molecule has 0 N–H and O–H groups in total. The van der Waals surface area contributed by atoms with Gasteiger partial charge in [0.2, 0.25) is 5.78 Å². The largest absolute Gasteiger partial charge is 0.465 e. The highest BCUT2D eigenvalue weighted by Crippen LogP contribution is 2.35. The molecule has 0 atom stereocenters. The van der Waals surface area contributed by atoms with Crippen LogP contribution in [0.1, 0.15) is 16.1 Å². The number of hydrogen-bond acceptors (Lipinski definition) is 5. The highest BCUT2D eigenvalue weighted by Gasteiger charge is 2.28. The first-order valence-electron chi connectivity index (χ1n) is 6.55. The number of Topliss-reactive ketones (excluding diaryl/α,β-unsaturated/α-hetero) is 1. The van der Waals surface area contributed by atoms with Gasteiger partial charge in [0.25, 0.3) is 0 Å². The second kappa shape index (κ2) is 5.40. The third kappa shape index (κ3) is 2.58. The fourth-order valence-corrected chi connectivity index (χ4v) is 1.93. The number of furan rings is 1. The molecule has 1 aromatic carbocycles. The molecule has 0 saturated carbocycles. The predicted molar refractivity (Wildman–Crippen MR) is 77.8 cm³/mol. The lowest BCUT2D eigenvalue weighted by atomic mass is 10.1. The number of amides is 1. The molecule has 2 aromatic rings. The van der Waals surface area contributed by atoms with Gasteiger partial charge in [0, 0.05) is 26.2 Å². The molecular weight excluding hydrogens is 286 g/mol. The van der Waals surface area contributed by atoms with Crippen LogP contribution in [0, 0.1) is 0 Å². The van der Waals surface area contributed by atoms with E-state index in [0.29, 0.717) is 22.8 Å². The first-order valence-corrected chi connectivity index (χ1v) is 6.55. The molecule has 112 valence electrons. The molecule has 0 unspecified atom stereocenters. The van der Waals surface area contributed by atoms with Crippen molar-refractivity contribution in [2.24, 2.45) is 0 Å². The number of hydrogen-bond donors (Lipinski definition) is 0. The molecule has 0 saturated heterocycles. The molecule has 3 rings (SSSR count). The van der Waals surface area contributed by atoms with Crippen molar-refractivity contribution in [3.8, 4) is 11.5 Å². The van der Waals surface area contributed by atoms with Crippen LogP contribution in [0.5, 0.6) is 11.5 Å². The number of ether oxygens (including phenoxy) is 2. The van der Waals surface area contributed by atoms with Gasteiger partial charge in [-0.1, -0.05) is 0 Å². The second-order valence-electron chi connectivity index (χ2n) is 4.88. The Morgan fingerprint density at radius 1 is 1.27 bits per heavy atom. The van der Waals surface area contributed by atoms with Gasteiger partial charge in [-0.05, 0) is 24.3 Å². The minimum absolute atomic E-state index is 0.168. The van der Waals surface area contributed by atoms with Gasteiger partial charge in [-0.25, -0.2) is 4.79 Å². The number of fused-ring (bicyclic) bond motifs is 1. The van der Waals surface area contributed by atoms with E-state index in [1.165, 1.54) is 23.3 Å². The van der Waals surface area contributed by atoms with Crippen LogP contribution in [0.15, 0.2) is 46.8 Å². The molecule has 0 radical (unpaired) electrons. The van der Waals surface area contributed by atoms with Gasteiger partial charge >= 0.3 is 6.09 Å². The summed E-state index contributed by atoms with van der Waals surface area (Å²) >= 11 is 0. The van der Waals surface area contributed by atoms with Crippen molar-refractivity contribution >= 4 is 18.0 Å². The molecule has 2 heterocycles. The smallest absolute Gasteiger partial charge is 0.414 e. The van der Waals surface area contributed by atoms with Crippen molar-refractivity contribution in [3.05, 3.63) is 53.7 Å². The molecule has 6 nitrogen and oxygen atoms in total. The summed E-state index contributed by atoms with van der Waals surface area (Å²) in [5.41, 5.74) is 0.419. The summed E-state index contributed by atoms with van der Waals surface area (Å²) in [6, 6.07) is 8.07. The van der Waals surface area contributed by atoms with Crippen LogP contribution in [-0.2, 0) is 0 Å². The first kappa shape index (κ1) is 13.9. The van der Waals surface area contributed by atoms with Gasteiger partial charge in [-0.15, -0.1) is 0 Å². The minimum Gasteiger partial charge on any atom is -0.465 e. The van der Waals surface area contributed by atoms with Crippen molar-refractivity contribution in [1.82, 2.24) is 4.90 Å². The monoisotopic (exact) mass is 299 g/mol. The number of benzene rings is 1. The van der Waals surface area contributed by atoms with Crippen molar-refractivity contribution in [2.45, 2.75) is 0 Å². The summed E-state index contributed by atoms with van der Waals surface area (Å²) in [6.45, 7) is 0. The van der Waals surface area contributed by atoms with Gasteiger partial charge in [0.15, 0.2) is 5.76 Å². The molecule has 0 bridgehead atoms. The molecule has 1 amide bonds. The van der Waals surface area contributed by atoms with Crippen molar-refractivity contribution in [1.29, 1.82) is 0 Å². The average molecular weight is 299 g/mol. The number of allylic oxidation sites excluding steroid dienone is 1. The Labute approximate surface area is 126 Å². The number of rotatable bonds is 2. The quantitative estimate of drug-likeness (QED) is 0.797. The maximum Gasteiger partial charge on any atom is 0.414 e. The molecule has 1 aromatic heterocycles. The molecule has 0 aliphatic carbocycles. The van der Waals surface area contributed by atoms with E-state index in [0.717, 1.165) is 0 Å². The summed E-state index contributed by atoms with van der Waals surface area (Å²) in [4.78, 5) is 25.0. The predicted octanol–water partition coefficient (Wildman–Crippen LogP) is 2.96. The molecule has 1 aliphatic heterocycles. The second-order valence-corrected chi connectivity index (χ2v) is 4.88. The third-order valence-electron chi connectivity index (χ3n) is 3.03. The fraction of sp³-hybridized carbons (Fsp3) is 0.125. The normalized spacial score (nSPS) is 14.6. The van der Waals surface area contributed by atoms with Crippen LogP contribution < -0.4 is 9.47 Å². The maximum absolute atomic E-state index is 12.2. The Kier molecular flexibility index (Phi) is 3.42. The zero-order valence-corrected chi connectivity index (χ0v) is 12.0. The van der Waals surface area contributed by atoms with Crippen molar-refractivity contribution in [2.75, 3.05) is 14.1 Å². The van der Waals surface area contributed by atoms with E-state index in [-0.39, 0.29) is 11.5 Å². The standard InChI is InChI=1S/C16H13NO5/c1-17(2)16(19)21-11-5-6-12-13(9-11)22-14(15(12)18)8-10-4-3-7-20-10/h3-9H,1-2H3/b14-8+.